The molecule has 0 aromatic rings. The molecule has 1 saturated heterocycles. The molecule has 2 heteroatoms. The molecular weight excluding hydrogens is 186 g/mol. The van der Waals surface area contributed by atoms with E-state index in [2.05, 4.69) is 18.7 Å². The number of nitrogens with zero attached hydrogens (tertiary/aromatic N) is 1. The van der Waals surface area contributed by atoms with E-state index in [-0.39, 0.29) is 6.10 Å². The molecule has 2 nitrogen and oxygen atoms in total. The number of rotatable bonds is 2. The molecule has 1 heterocycles. The van der Waals surface area contributed by atoms with E-state index in [1.165, 1.54) is 32.2 Å². The summed E-state index contributed by atoms with van der Waals surface area (Å²) >= 11 is 0. The quantitative estimate of drug-likeness (QED) is 0.757. The van der Waals surface area contributed by atoms with Crippen molar-refractivity contribution in [1.29, 1.82) is 0 Å². The SMILES string of the molecule is CC1CCN(CC2CCCC2O)C(C)C1. The molecule has 2 fully saturated rings. The first-order valence-electron chi connectivity index (χ1n) is 6.59. The topological polar surface area (TPSA) is 23.5 Å². The van der Waals surface area contributed by atoms with Gasteiger partial charge in [-0.2, -0.15) is 0 Å². The standard InChI is InChI=1S/C13H25NO/c1-10-6-7-14(11(2)8-10)9-12-4-3-5-13(12)15/h10-13,15H,3-9H2,1-2H3. The molecule has 1 aliphatic heterocycles. The van der Waals surface area contributed by atoms with Crippen LogP contribution in [-0.2, 0) is 0 Å². The van der Waals surface area contributed by atoms with E-state index in [1.807, 2.05) is 0 Å². The minimum atomic E-state index is -0.0171. The summed E-state index contributed by atoms with van der Waals surface area (Å²) in [7, 11) is 0. The smallest absolute Gasteiger partial charge is 0.0580 e. The third-order valence-corrected chi connectivity index (χ3v) is 4.36. The highest BCUT2D eigenvalue weighted by Gasteiger charge is 2.30. The number of piperidine rings is 1. The van der Waals surface area contributed by atoms with Crippen LogP contribution in [0.1, 0.15) is 46.0 Å². The van der Waals surface area contributed by atoms with Gasteiger partial charge in [-0.05, 0) is 51.0 Å². The second-order valence-corrected chi connectivity index (χ2v) is 5.73. The van der Waals surface area contributed by atoms with Crippen LogP contribution in [0.4, 0.5) is 0 Å². The molecule has 88 valence electrons. The maximum absolute atomic E-state index is 9.83. The molecule has 4 unspecified atom stereocenters. The summed E-state index contributed by atoms with van der Waals surface area (Å²) in [6.45, 7) is 7.08. The van der Waals surface area contributed by atoms with Gasteiger partial charge in [0, 0.05) is 12.6 Å². The number of hydrogen-bond donors (Lipinski definition) is 1. The van der Waals surface area contributed by atoms with Crippen molar-refractivity contribution in [3.63, 3.8) is 0 Å². The van der Waals surface area contributed by atoms with Crippen molar-refractivity contribution in [3.05, 3.63) is 0 Å². The molecular formula is C13H25NO. The zero-order chi connectivity index (χ0) is 10.8. The van der Waals surface area contributed by atoms with Crippen molar-refractivity contribution in [2.24, 2.45) is 11.8 Å². The van der Waals surface area contributed by atoms with E-state index in [9.17, 15) is 5.11 Å². The molecule has 2 aliphatic rings. The van der Waals surface area contributed by atoms with Gasteiger partial charge in [0.25, 0.3) is 0 Å². The summed E-state index contributed by atoms with van der Waals surface area (Å²) in [4.78, 5) is 2.60. The maximum atomic E-state index is 9.83. The number of hydrogen-bond acceptors (Lipinski definition) is 2. The van der Waals surface area contributed by atoms with Crippen molar-refractivity contribution in [3.8, 4) is 0 Å². The van der Waals surface area contributed by atoms with Crippen LogP contribution in [0.15, 0.2) is 0 Å². The highest BCUT2D eigenvalue weighted by atomic mass is 16.3. The normalized spacial score (nSPS) is 43.4. The van der Waals surface area contributed by atoms with Crippen LogP contribution in [0, 0.1) is 11.8 Å². The lowest BCUT2D eigenvalue weighted by Gasteiger charge is -2.38. The van der Waals surface area contributed by atoms with E-state index in [1.54, 1.807) is 0 Å². The van der Waals surface area contributed by atoms with Crippen LogP contribution in [0.2, 0.25) is 0 Å². The first-order chi connectivity index (χ1) is 7.16. The molecule has 4 atom stereocenters. The Morgan fingerprint density at radius 3 is 2.60 bits per heavy atom. The Morgan fingerprint density at radius 2 is 2.00 bits per heavy atom. The predicted molar refractivity (Wildman–Crippen MR) is 62.8 cm³/mol. The summed E-state index contributed by atoms with van der Waals surface area (Å²) < 4.78 is 0. The van der Waals surface area contributed by atoms with Crippen LogP contribution < -0.4 is 0 Å². The lowest BCUT2D eigenvalue weighted by atomic mass is 9.92. The third-order valence-electron chi connectivity index (χ3n) is 4.36. The summed E-state index contributed by atoms with van der Waals surface area (Å²) in [5.74, 6) is 1.45. The van der Waals surface area contributed by atoms with Crippen molar-refractivity contribution in [2.45, 2.75) is 58.1 Å². The Kier molecular flexibility index (Phi) is 3.68. The first kappa shape index (κ1) is 11.4. The van der Waals surface area contributed by atoms with Gasteiger partial charge in [-0.25, -0.2) is 0 Å². The Hall–Kier alpha value is -0.0800. The van der Waals surface area contributed by atoms with Crippen LogP contribution in [0.5, 0.6) is 0 Å². The zero-order valence-electron chi connectivity index (χ0n) is 10.2. The van der Waals surface area contributed by atoms with E-state index in [0.29, 0.717) is 5.92 Å². The van der Waals surface area contributed by atoms with Gasteiger partial charge in [0.05, 0.1) is 6.10 Å². The molecule has 0 bridgehead atoms. The van der Waals surface area contributed by atoms with Crippen molar-refractivity contribution in [2.75, 3.05) is 13.1 Å². The number of aliphatic hydroxyl groups excluding tert-OH is 1. The van der Waals surface area contributed by atoms with Gasteiger partial charge in [0.15, 0.2) is 0 Å². The Bertz CT molecular complexity index is 207. The van der Waals surface area contributed by atoms with Crippen LogP contribution in [0.3, 0.4) is 0 Å². The number of aliphatic hydroxyl groups is 1. The average Bonchev–Trinajstić information content (AvgIpc) is 2.57. The van der Waals surface area contributed by atoms with Gasteiger partial charge in [-0.3, -0.25) is 0 Å². The van der Waals surface area contributed by atoms with Gasteiger partial charge in [0.2, 0.25) is 0 Å². The Morgan fingerprint density at radius 1 is 1.20 bits per heavy atom. The van der Waals surface area contributed by atoms with Gasteiger partial charge in [-0.15, -0.1) is 0 Å². The maximum Gasteiger partial charge on any atom is 0.0580 e. The zero-order valence-corrected chi connectivity index (χ0v) is 10.2. The van der Waals surface area contributed by atoms with Gasteiger partial charge < -0.3 is 10.0 Å². The minimum Gasteiger partial charge on any atom is -0.393 e. The van der Waals surface area contributed by atoms with E-state index >= 15 is 0 Å². The summed E-state index contributed by atoms with van der Waals surface area (Å²) in [6.07, 6.45) is 6.15. The summed E-state index contributed by atoms with van der Waals surface area (Å²) in [5, 5.41) is 9.83. The van der Waals surface area contributed by atoms with Gasteiger partial charge >= 0.3 is 0 Å². The minimum absolute atomic E-state index is 0.0171. The van der Waals surface area contributed by atoms with Crippen LogP contribution in [-0.4, -0.2) is 35.2 Å². The lowest BCUT2D eigenvalue weighted by Crippen LogP contribution is -2.43. The highest BCUT2D eigenvalue weighted by Crippen LogP contribution is 2.29. The molecule has 0 radical (unpaired) electrons. The highest BCUT2D eigenvalue weighted by molar-refractivity contribution is 4.84. The molecule has 1 saturated carbocycles. The molecule has 1 N–H and O–H groups in total. The van der Waals surface area contributed by atoms with Gasteiger partial charge in [-0.1, -0.05) is 13.3 Å². The molecule has 2 rings (SSSR count). The Balaban J connectivity index is 1.83. The fourth-order valence-electron chi connectivity index (χ4n) is 3.26. The average molecular weight is 211 g/mol. The van der Waals surface area contributed by atoms with Crippen molar-refractivity contribution < 1.29 is 5.11 Å². The molecule has 0 spiro atoms. The monoisotopic (exact) mass is 211 g/mol. The Labute approximate surface area is 93.7 Å². The van der Waals surface area contributed by atoms with E-state index in [4.69, 9.17) is 0 Å². The molecule has 0 aromatic heterocycles. The summed E-state index contributed by atoms with van der Waals surface area (Å²) in [6, 6.07) is 0.724. The fourth-order valence-corrected chi connectivity index (χ4v) is 3.26. The van der Waals surface area contributed by atoms with E-state index in [0.717, 1.165) is 24.9 Å². The first-order valence-corrected chi connectivity index (χ1v) is 6.59. The van der Waals surface area contributed by atoms with E-state index < -0.39 is 0 Å². The van der Waals surface area contributed by atoms with Crippen molar-refractivity contribution in [1.82, 2.24) is 4.90 Å². The lowest BCUT2D eigenvalue weighted by molar-refractivity contribution is 0.0638. The van der Waals surface area contributed by atoms with Gasteiger partial charge in [0.1, 0.15) is 0 Å². The van der Waals surface area contributed by atoms with Crippen LogP contribution >= 0.6 is 0 Å². The predicted octanol–water partition coefficient (Wildman–Crippen LogP) is 2.27. The molecule has 1 aliphatic carbocycles. The van der Waals surface area contributed by atoms with Crippen molar-refractivity contribution >= 4 is 0 Å². The fraction of sp³-hybridized carbons (Fsp3) is 1.00. The molecule has 0 aromatic carbocycles. The third kappa shape index (κ3) is 2.73. The number of likely N-dealkylation sites (tertiary alicyclic amines) is 1. The molecule has 0 amide bonds. The second-order valence-electron chi connectivity index (χ2n) is 5.73. The largest absolute Gasteiger partial charge is 0.393 e. The second kappa shape index (κ2) is 4.84. The van der Waals surface area contributed by atoms with Crippen LogP contribution in [0.25, 0.3) is 0 Å². The summed E-state index contributed by atoms with van der Waals surface area (Å²) in [5.41, 5.74) is 0. The molecule has 15 heavy (non-hydrogen) atoms.